The van der Waals surface area contributed by atoms with E-state index in [4.69, 9.17) is 0 Å². The molecule has 4 nitrogen and oxygen atoms in total. The number of rotatable bonds is 5. The molecule has 0 saturated heterocycles. The van der Waals surface area contributed by atoms with Crippen LogP contribution in [0.5, 0.6) is 0 Å². The molecule has 110 valence electrons. The third-order valence-electron chi connectivity index (χ3n) is 3.35. The van der Waals surface area contributed by atoms with Gasteiger partial charge >= 0.3 is 0 Å². The van der Waals surface area contributed by atoms with Gasteiger partial charge in [0.05, 0.1) is 0 Å². The van der Waals surface area contributed by atoms with Gasteiger partial charge in [-0.25, -0.2) is 0 Å². The van der Waals surface area contributed by atoms with Gasteiger partial charge in [0.25, 0.3) is 11.5 Å². The van der Waals surface area contributed by atoms with Crippen LogP contribution in [-0.4, -0.2) is 17.0 Å². The van der Waals surface area contributed by atoms with Gasteiger partial charge < -0.3 is 5.32 Å². The molecule has 2 aromatic rings. The van der Waals surface area contributed by atoms with E-state index < -0.39 is 0 Å². The van der Waals surface area contributed by atoms with E-state index in [1.54, 1.807) is 12.1 Å². The number of hydrogen-bond donors (Lipinski definition) is 1. The first-order valence-corrected chi connectivity index (χ1v) is 7.11. The maximum atomic E-state index is 12.6. The zero-order valence-electron chi connectivity index (χ0n) is 12.5. The number of aromatic nitrogens is 1. The number of carbonyl (C=O) groups is 1. The molecule has 1 aromatic heterocycles. The average molecular weight is 284 g/mol. The van der Waals surface area contributed by atoms with Crippen LogP contribution in [0.15, 0.2) is 41.7 Å². The molecule has 0 bridgehead atoms. The molecule has 0 aliphatic heterocycles. The Bertz CT molecular complexity index is 744. The summed E-state index contributed by atoms with van der Waals surface area (Å²) in [7, 11) is 0. The van der Waals surface area contributed by atoms with Gasteiger partial charge in [-0.15, -0.1) is 6.58 Å². The molecule has 0 unspecified atom stereocenters. The summed E-state index contributed by atoms with van der Waals surface area (Å²) in [6, 6.07) is 7.43. The lowest BCUT2D eigenvalue weighted by Gasteiger charge is -2.13. The minimum atomic E-state index is -0.224. The summed E-state index contributed by atoms with van der Waals surface area (Å²) in [6.45, 7) is 8.50. The highest BCUT2D eigenvalue weighted by molar-refractivity contribution is 5.96. The van der Waals surface area contributed by atoms with Crippen molar-refractivity contribution in [3.8, 4) is 0 Å². The van der Waals surface area contributed by atoms with Gasteiger partial charge in [-0.05, 0) is 30.9 Å². The number of amides is 1. The summed E-state index contributed by atoms with van der Waals surface area (Å²) in [5.74, 6) is -0.224. The van der Waals surface area contributed by atoms with Crippen LogP contribution >= 0.6 is 0 Å². The topological polar surface area (TPSA) is 51.1 Å². The maximum Gasteiger partial charge on any atom is 0.268 e. The van der Waals surface area contributed by atoms with Crippen molar-refractivity contribution in [3.05, 3.63) is 58.5 Å². The smallest absolute Gasteiger partial charge is 0.268 e. The molecule has 1 amide bonds. The predicted octanol–water partition coefficient (Wildman–Crippen LogP) is 2.64. The fourth-order valence-corrected chi connectivity index (χ4v) is 2.29. The summed E-state index contributed by atoms with van der Waals surface area (Å²) < 4.78 is 1.47. The highest BCUT2D eigenvalue weighted by atomic mass is 16.2. The van der Waals surface area contributed by atoms with E-state index in [-0.39, 0.29) is 11.5 Å². The number of allylic oxidation sites excluding steroid dienone is 1. The number of aryl methyl sites for hydroxylation is 1. The summed E-state index contributed by atoms with van der Waals surface area (Å²) in [4.78, 5) is 24.9. The van der Waals surface area contributed by atoms with Crippen LogP contribution in [0.2, 0.25) is 0 Å². The van der Waals surface area contributed by atoms with Crippen LogP contribution < -0.4 is 10.9 Å². The zero-order chi connectivity index (χ0) is 15.4. The zero-order valence-corrected chi connectivity index (χ0v) is 12.5. The highest BCUT2D eigenvalue weighted by Gasteiger charge is 2.14. The SMILES string of the molecule is C=CCn1c(C(=O)NCCC)cc2ccc(C)cc2c1=O. The van der Waals surface area contributed by atoms with Crippen LogP contribution in [0.3, 0.4) is 0 Å². The molecule has 1 N–H and O–H groups in total. The van der Waals surface area contributed by atoms with E-state index in [0.29, 0.717) is 24.2 Å². The molecule has 0 aliphatic carbocycles. The highest BCUT2D eigenvalue weighted by Crippen LogP contribution is 2.14. The van der Waals surface area contributed by atoms with Crippen LogP contribution in [0.25, 0.3) is 10.8 Å². The summed E-state index contributed by atoms with van der Waals surface area (Å²) in [6.07, 6.45) is 2.48. The molecular formula is C17H20N2O2. The predicted molar refractivity (Wildman–Crippen MR) is 85.8 cm³/mol. The van der Waals surface area contributed by atoms with Gasteiger partial charge in [-0.2, -0.15) is 0 Å². The fraction of sp³-hybridized carbons (Fsp3) is 0.294. The number of pyridine rings is 1. The largest absolute Gasteiger partial charge is 0.351 e. The van der Waals surface area contributed by atoms with Crippen LogP contribution in [0.4, 0.5) is 0 Å². The molecule has 0 radical (unpaired) electrons. The van der Waals surface area contributed by atoms with Crippen LogP contribution in [0.1, 0.15) is 29.4 Å². The molecule has 0 spiro atoms. The normalized spacial score (nSPS) is 10.6. The Hall–Kier alpha value is -2.36. The molecule has 0 fully saturated rings. The third kappa shape index (κ3) is 3.05. The number of benzene rings is 1. The second-order valence-corrected chi connectivity index (χ2v) is 5.08. The van der Waals surface area contributed by atoms with Gasteiger partial charge in [0, 0.05) is 18.5 Å². The Morgan fingerprint density at radius 2 is 2.14 bits per heavy atom. The van der Waals surface area contributed by atoms with Crippen molar-refractivity contribution < 1.29 is 4.79 Å². The lowest BCUT2D eigenvalue weighted by molar-refractivity contribution is 0.0944. The molecular weight excluding hydrogens is 264 g/mol. The summed E-state index contributed by atoms with van der Waals surface area (Å²) in [5, 5.41) is 4.23. The average Bonchev–Trinajstić information content (AvgIpc) is 2.48. The van der Waals surface area contributed by atoms with Crippen molar-refractivity contribution in [1.82, 2.24) is 9.88 Å². The van der Waals surface area contributed by atoms with E-state index in [2.05, 4.69) is 11.9 Å². The van der Waals surface area contributed by atoms with E-state index in [9.17, 15) is 9.59 Å². The van der Waals surface area contributed by atoms with Gasteiger partial charge in [0.2, 0.25) is 0 Å². The number of nitrogens with one attached hydrogen (secondary N) is 1. The fourth-order valence-electron chi connectivity index (χ4n) is 2.29. The molecule has 0 atom stereocenters. The van der Waals surface area contributed by atoms with Crippen molar-refractivity contribution >= 4 is 16.7 Å². The lowest BCUT2D eigenvalue weighted by Crippen LogP contribution is -2.32. The third-order valence-corrected chi connectivity index (χ3v) is 3.35. The van der Waals surface area contributed by atoms with Crippen LogP contribution in [0, 0.1) is 6.92 Å². The Morgan fingerprint density at radius 3 is 2.81 bits per heavy atom. The van der Waals surface area contributed by atoms with E-state index >= 15 is 0 Å². The molecule has 1 aromatic carbocycles. The van der Waals surface area contributed by atoms with Crippen molar-refractivity contribution in [2.75, 3.05) is 6.54 Å². The summed E-state index contributed by atoms with van der Waals surface area (Å²) in [5.41, 5.74) is 1.25. The first-order valence-electron chi connectivity index (χ1n) is 7.11. The van der Waals surface area contributed by atoms with Crippen molar-refractivity contribution in [3.63, 3.8) is 0 Å². The molecule has 21 heavy (non-hydrogen) atoms. The second kappa shape index (κ2) is 6.39. The minimum absolute atomic E-state index is 0.155. The number of carbonyl (C=O) groups excluding carboxylic acids is 1. The maximum absolute atomic E-state index is 12.6. The number of hydrogen-bond acceptors (Lipinski definition) is 2. The van der Waals surface area contributed by atoms with Gasteiger partial charge in [-0.3, -0.25) is 14.2 Å². The van der Waals surface area contributed by atoms with Crippen molar-refractivity contribution in [2.24, 2.45) is 0 Å². The van der Waals surface area contributed by atoms with E-state index in [0.717, 1.165) is 17.4 Å². The quantitative estimate of drug-likeness (QED) is 0.858. The van der Waals surface area contributed by atoms with Gasteiger partial charge in [0.15, 0.2) is 0 Å². The molecule has 0 saturated carbocycles. The lowest BCUT2D eigenvalue weighted by atomic mass is 10.1. The van der Waals surface area contributed by atoms with Gasteiger partial charge in [-0.1, -0.05) is 30.7 Å². The number of fused-ring (bicyclic) bond motifs is 1. The van der Waals surface area contributed by atoms with E-state index in [1.165, 1.54) is 4.57 Å². The standard InChI is InChI=1S/C17H20N2O2/c1-4-8-18-16(20)15-11-13-7-6-12(3)10-14(13)17(21)19(15)9-5-2/h5-7,10-11H,2,4,8-9H2,1,3H3,(H,18,20). The first-order chi connectivity index (χ1) is 10.1. The molecule has 4 heteroatoms. The second-order valence-electron chi connectivity index (χ2n) is 5.08. The van der Waals surface area contributed by atoms with Crippen molar-refractivity contribution in [1.29, 1.82) is 0 Å². The Balaban J connectivity index is 2.65. The molecule has 0 aliphatic rings. The Kier molecular flexibility index (Phi) is 4.58. The first kappa shape index (κ1) is 15.0. The Labute approximate surface area is 124 Å². The van der Waals surface area contributed by atoms with Gasteiger partial charge in [0.1, 0.15) is 5.69 Å². The van der Waals surface area contributed by atoms with Crippen molar-refractivity contribution in [2.45, 2.75) is 26.8 Å². The van der Waals surface area contributed by atoms with Crippen LogP contribution in [-0.2, 0) is 6.54 Å². The number of nitrogens with zero attached hydrogens (tertiary/aromatic N) is 1. The summed E-state index contributed by atoms with van der Waals surface area (Å²) >= 11 is 0. The van der Waals surface area contributed by atoms with E-state index in [1.807, 2.05) is 32.0 Å². The molecule has 1 heterocycles. The Morgan fingerprint density at radius 1 is 1.38 bits per heavy atom. The minimum Gasteiger partial charge on any atom is -0.351 e. The molecule has 2 rings (SSSR count). The monoisotopic (exact) mass is 284 g/mol.